The second-order valence-corrected chi connectivity index (χ2v) is 7.34. The van der Waals surface area contributed by atoms with Crippen LogP contribution in [0.4, 0.5) is 0 Å². The number of hydrogen-bond donors (Lipinski definition) is 0. The molecule has 0 aromatic heterocycles. The zero-order valence-corrected chi connectivity index (χ0v) is 19.1. The first-order valence-corrected chi connectivity index (χ1v) is 11.3. The van der Waals surface area contributed by atoms with Gasteiger partial charge in [0.1, 0.15) is 6.61 Å². The van der Waals surface area contributed by atoms with Crippen molar-refractivity contribution in [3.8, 4) is 0 Å². The summed E-state index contributed by atoms with van der Waals surface area (Å²) in [7, 11) is 4.04. The molecule has 0 amide bonds. The summed E-state index contributed by atoms with van der Waals surface area (Å²) >= 11 is 0. The monoisotopic (exact) mass is 419 g/mol. The topological polar surface area (TPSA) is 66.5 Å². The van der Waals surface area contributed by atoms with E-state index in [2.05, 4.69) is 11.8 Å². The van der Waals surface area contributed by atoms with Gasteiger partial charge in [0.15, 0.2) is 0 Å². The normalized spacial score (nSPS) is 11.3. The number of nitrogens with zero attached hydrogens (tertiary/aromatic N) is 1. The Hall–Kier alpha value is -0.730. The Morgan fingerprint density at radius 1 is 0.621 bits per heavy atom. The highest BCUT2D eigenvalue weighted by Gasteiger charge is 2.02. The molecular formula is C22H45NO6. The SMILES string of the molecule is CCCCCCCCCC(=O)OCCOCCOCCOCCOCCN(C)C. The van der Waals surface area contributed by atoms with Gasteiger partial charge in [-0.1, -0.05) is 45.4 Å². The second-order valence-electron chi connectivity index (χ2n) is 7.34. The van der Waals surface area contributed by atoms with Gasteiger partial charge < -0.3 is 28.6 Å². The highest BCUT2D eigenvalue weighted by atomic mass is 16.6. The Labute approximate surface area is 178 Å². The molecule has 0 spiro atoms. The molecule has 174 valence electrons. The van der Waals surface area contributed by atoms with Crippen molar-refractivity contribution in [3.05, 3.63) is 0 Å². The molecule has 0 N–H and O–H groups in total. The summed E-state index contributed by atoms with van der Waals surface area (Å²) in [4.78, 5) is 13.7. The summed E-state index contributed by atoms with van der Waals surface area (Å²) in [6, 6.07) is 0. The van der Waals surface area contributed by atoms with Crippen LogP contribution in [0, 0.1) is 0 Å². The van der Waals surface area contributed by atoms with Crippen molar-refractivity contribution < 1.29 is 28.5 Å². The minimum atomic E-state index is -0.124. The van der Waals surface area contributed by atoms with Crippen LogP contribution in [-0.2, 0) is 28.5 Å². The van der Waals surface area contributed by atoms with Gasteiger partial charge in [0.25, 0.3) is 0 Å². The Morgan fingerprint density at radius 2 is 1.07 bits per heavy atom. The lowest BCUT2D eigenvalue weighted by atomic mass is 10.1. The van der Waals surface area contributed by atoms with E-state index in [1.165, 1.54) is 32.1 Å². The van der Waals surface area contributed by atoms with Crippen molar-refractivity contribution >= 4 is 5.97 Å². The molecule has 0 aliphatic carbocycles. The van der Waals surface area contributed by atoms with Gasteiger partial charge in [-0.25, -0.2) is 0 Å². The summed E-state index contributed by atoms with van der Waals surface area (Å²) in [5.41, 5.74) is 0. The van der Waals surface area contributed by atoms with E-state index in [0.29, 0.717) is 59.3 Å². The molecule has 0 aromatic rings. The highest BCUT2D eigenvalue weighted by molar-refractivity contribution is 5.69. The van der Waals surface area contributed by atoms with E-state index in [4.69, 9.17) is 23.7 Å². The van der Waals surface area contributed by atoms with Crippen LogP contribution < -0.4 is 0 Å². The van der Waals surface area contributed by atoms with Gasteiger partial charge in [-0.15, -0.1) is 0 Å². The van der Waals surface area contributed by atoms with Gasteiger partial charge >= 0.3 is 5.97 Å². The van der Waals surface area contributed by atoms with E-state index < -0.39 is 0 Å². The highest BCUT2D eigenvalue weighted by Crippen LogP contribution is 2.08. The Balaban J connectivity index is 3.13. The molecule has 7 nitrogen and oxygen atoms in total. The minimum Gasteiger partial charge on any atom is -0.463 e. The first-order chi connectivity index (χ1) is 14.2. The van der Waals surface area contributed by atoms with Crippen LogP contribution in [0.15, 0.2) is 0 Å². The average molecular weight is 420 g/mol. The van der Waals surface area contributed by atoms with Crippen molar-refractivity contribution in [2.45, 2.75) is 58.3 Å². The van der Waals surface area contributed by atoms with Crippen LogP contribution in [0.3, 0.4) is 0 Å². The van der Waals surface area contributed by atoms with Gasteiger partial charge in [-0.2, -0.15) is 0 Å². The fraction of sp³-hybridized carbons (Fsp3) is 0.955. The summed E-state index contributed by atoms with van der Waals surface area (Å²) < 4.78 is 26.8. The number of carbonyl (C=O) groups is 1. The maximum absolute atomic E-state index is 11.6. The van der Waals surface area contributed by atoms with Crippen LogP contribution in [0.5, 0.6) is 0 Å². The van der Waals surface area contributed by atoms with Crippen molar-refractivity contribution in [1.82, 2.24) is 4.90 Å². The maximum atomic E-state index is 11.6. The van der Waals surface area contributed by atoms with Gasteiger partial charge in [0, 0.05) is 13.0 Å². The summed E-state index contributed by atoms with van der Waals surface area (Å²) in [6.07, 6.45) is 8.92. The fourth-order valence-corrected chi connectivity index (χ4v) is 2.52. The van der Waals surface area contributed by atoms with E-state index in [1.54, 1.807) is 0 Å². The number of esters is 1. The van der Waals surface area contributed by atoms with Crippen LogP contribution in [0.1, 0.15) is 58.3 Å². The number of carbonyl (C=O) groups excluding carboxylic acids is 1. The molecule has 0 aliphatic heterocycles. The molecule has 0 atom stereocenters. The van der Waals surface area contributed by atoms with Crippen molar-refractivity contribution in [1.29, 1.82) is 0 Å². The first kappa shape index (κ1) is 28.3. The molecule has 0 aromatic carbocycles. The van der Waals surface area contributed by atoms with Crippen LogP contribution >= 0.6 is 0 Å². The van der Waals surface area contributed by atoms with Crippen LogP contribution in [0.2, 0.25) is 0 Å². The zero-order chi connectivity index (χ0) is 21.4. The van der Waals surface area contributed by atoms with Crippen LogP contribution in [0.25, 0.3) is 0 Å². The number of ether oxygens (including phenoxy) is 5. The van der Waals surface area contributed by atoms with Crippen molar-refractivity contribution in [3.63, 3.8) is 0 Å². The summed E-state index contributed by atoms with van der Waals surface area (Å²) in [5.74, 6) is -0.124. The van der Waals surface area contributed by atoms with Gasteiger partial charge in [-0.05, 0) is 20.5 Å². The summed E-state index contributed by atoms with van der Waals surface area (Å²) in [5, 5.41) is 0. The number of rotatable bonds is 23. The molecule has 0 unspecified atom stereocenters. The Morgan fingerprint density at radius 3 is 1.59 bits per heavy atom. The lowest BCUT2D eigenvalue weighted by Crippen LogP contribution is -2.19. The predicted molar refractivity (Wildman–Crippen MR) is 115 cm³/mol. The van der Waals surface area contributed by atoms with Gasteiger partial charge in [-0.3, -0.25) is 4.79 Å². The minimum absolute atomic E-state index is 0.124. The second kappa shape index (κ2) is 23.5. The molecule has 29 heavy (non-hydrogen) atoms. The molecule has 0 bridgehead atoms. The largest absolute Gasteiger partial charge is 0.463 e. The first-order valence-electron chi connectivity index (χ1n) is 11.3. The molecule has 0 rings (SSSR count). The van der Waals surface area contributed by atoms with E-state index in [-0.39, 0.29) is 5.97 Å². The van der Waals surface area contributed by atoms with Gasteiger partial charge in [0.2, 0.25) is 0 Å². The number of likely N-dealkylation sites (N-methyl/N-ethyl adjacent to an activating group) is 1. The van der Waals surface area contributed by atoms with Crippen molar-refractivity contribution in [2.75, 3.05) is 80.1 Å². The van der Waals surface area contributed by atoms with E-state index >= 15 is 0 Å². The molecule has 0 radical (unpaired) electrons. The molecule has 7 heteroatoms. The van der Waals surface area contributed by atoms with Crippen LogP contribution in [-0.4, -0.2) is 91.0 Å². The number of unbranched alkanes of at least 4 members (excludes halogenated alkanes) is 6. The number of hydrogen-bond acceptors (Lipinski definition) is 7. The molecule has 0 saturated heterocycles. The molecular weight excluding hydrogens is 374 g/mol. The fourth-order valence-electron chi connectivity index (χ4n) is 2.52. The lowest BCUT2D eigenvalue weighted by molar-refractivity contribution is -0.145. The van der Waals surface area contributed by atoms with E-state index in [1.807, 2.05) is 14.1 Å². The quantitative estimate of drug-likeness (QED) is 0.186. The van der Waals surface area contributed by atoms with Gasteiger partial charge in [0.05, 0.1) is 52.9 Å². The third-order valence-corrected chi connectivity index (χ3v) is 4.27. The lowest BCUT2D eigenvalue weighted by Gasteiger charge is -2.10. The van der Waals surface area contributed by atoms with E-state index in [9.17, 15) is 4.79 Å². The maximum Gasteiger partial charge on any atom is 0.305 e. The zero-order valence-electron chi connectivity index (χ0n) is 19.1. The molecule has 0 heterocycles. The molecule has 0 aliphatic rings. The summed E-state index contributed by atoms with van der Waals surface area (Å²) in [6.45, 7) is 7.85. The molecule has 0 saturated carbocycles. The third kappa shape index (κ3) is 25.2. The smallest absolute Gasteiger partial charge is 0.305 e. The predicted octanol–water partition coefficient (Wildman–Crippen LogP) is 3.30. The van der Waals surface area contributed by atoms with Crippen molar-refractivity contribution in [2.24, 2.45) is 0 Å². The Kier molecular flexibility index (Phi) is 23.0. The average Bonchev–Trinajstić information content (AvgIpc) is 2.70. The third-order valence-electron chi connectivity index (χ3n) is 4.27. The van der Waals surface area contributed by atoms with E-state index in [0.717, 1.165) is 26.0 Å². The molecule has 0 fully saturated rings. The Bertz CT molecular complexity index is 341. The standard InChI is InChI=1S/C22H45NO6/c1-4-5-6-7-8-9-10-11-22(24)29-21-20-28-19-18-27-17-16-26-15-14-25-13-12-23(2)3/h4-21H2,1-3H3.